The summed E-state index contributed by atoms with van der Waals surface area (Å²) in [6.45, 7) is 8.66. The van der Waals surface area contributed by atoms with Crippen LogP contribution in [0.5, 0.6) is 0 Å². The summed E-state index contributed by atoms with van der Waals surface area (Å²) in [5, 5.41) is 3.16. The first-order valence-electron chi connectivity index (χ1n) is 7.46. The molecule has 0 aliphatic heterocycles. The van der Waals surface area contributed by atoms with Crippen LogP contribution in [0.3, 0.4) is 0 Å². The molecule has 1 N–H and O–H groups in total. The number of allylic oxidation sites excluding steroid dienone is 5. The molecule has 0 aliphatic rings. The first kappa shape index (κ1) is 16.3. The lowest BCUT2D eigenvalue weighted by atomic mass is 9.97. The number of benzene rings is 1. The molecule has 0 atom stereocenters. The van der Waals surface area contributed by atoms with Gasteiger partial charge in [0.25, 0.3) is 0 Å². The van der Waals surface area contributed by atoms with Crippen molar-refractivity contribution in [3.63, 3.8) is 0 Å². The third-order valence-electron chi connectivity index (χ3n) is 3.65. The fourth-order valence-electron chi connectivity index (χ4n) is 2.16. The molecule has 0 spiro atoms. The molecule has 0 heterocycles. The van der Waals surface area contributed by atoms with Crippen molar-refractivity contribution in [1.82, 2.24) is 5.32 Å². The molecule has 1 aromatic rings. The van der Waals surface area contributed by atoms with Gasteiger partial charge >= 0.3 is 0 Å². The Balaban J connectivity index is 3.17. The molecular weight excluding hydrogens is 242 g/mol. The molecule has 0 unspecified atom stereocenters. The molecule has 20 heavy (non-hydrogen) atoms. The second-order valence-corrected chi connectivity index (χ2v) is 4.93. The van der Waals surface area contributed by atoms with Gasteiger partial charge in [-0.2, -0.15) is 0 Å². The van der Waals surface area contributed by atoms with E-state index in [-0.39, 0.29) is 0 Å². The Morgan fingerprint density at radius 2 is 1.80 bits per heavy atom. The number of hydrogen-bond donors (Lipinski definition) is 1. The van der Waals surface area contributed by atoms with Crippen molar-refractivity contribution in [1.29, 1.82) is 0 Å². The predicted octanol–water partition coefficient (Wildman–Crippen LogP) is 5.11. The Bertz CT molecular complexity index is 501. The van der Waals surface area contributed by atoms with E-state index in [2.05, 4.69) is 75.6 Å². The summed E-state index contributed by atoms with van der Waals surface area (Å²) in [4.78, 5) is 0. The molecule has 0 aliphatic carbocycles. The minimum Gasteiger partial charge on any atom is -0.393 e. The van der Waals surface area contributed by atoms with Crippen LogP contribution in [-0.4, -0.2) is 7.05 Å². The van der Waals surface area contributed by atoms with Crippen molar-refractivity contribution in [2.24, 2.45) is 0 Å². The number of rotatable bonds is 6. The van der Waals surface area contributed by atoms with E-state index in [0.29, 0.717) is 0 Å². The van der Waals surface area contributed by atoms with E-state index < -0.39 is 0 Å². The van der Waals surface area contributed by atoms with Crippen LogP contribution in [0.2, 0.25) is 0 Å². The molecule has 1 aromatic carbocycles. The normalized spacial score (nSPS) is 13.6. The van der Waals surface area contributed by atoms with Gasteiger partial charge in [-0.1, -0.05) is 49.8 Å². The highest BCUT2D eigenvalue weighted by atomic mass is 14.8. The van der Waals surface area contributed by atoms with Gasteiger partial charge in [0.15, 0.2) is 0 Å². The summed E-state index contributed by atoms with van der Waals surface area (Å²) in [5.74, 6) is 0. The highest BCUT2D eigenvalue weighted by molar-refractivity contribution is 5.75. The second kappa shape index (κ2) is 8.42. The summed E-state index contributed by atoms with van der Waals surface area (Å²) >= 11 is 0. The van der Waals surface area contributed by atoms with Gasteiger partial charge < -0.3 is 5.32 Å². The van der Waals surface area contributed by atoms with E-state index in [1.807, 2.05) is 7.05 Å². The minimum absolute atomic E-state index is 1.05. The zero-order chi connectivity index (χ0) is 15.0. The Morgan fingerprint density at radius 1 is 1.15 bits per heavy atom. The van der Waals surface area contributed by atoms with Crippen LogP contribution in [-0.2, 0) is 6.42 Å². The maximum atomic E-state index is 3.16. The highest BCUT2D eigenvalue weighted by Gasteiger charge is 2.02. The van der Waals surface area contributed by atoms with Crippen LogP contribution < -0.4 is 5.32 Å². The molecule has 0 aromatic heterocycles. The van der Waals surface area contributed by atoms with Crippen LogP contribution in [0.1, 0.15) is 45.2 Å². The topological polar surface area (TPSA) is 12.0 Å². The third kappa shape index (κ3) is 4.41. The van der Waals surface area contributed by atoms with E-state index in [1.54, 1.807) is 0 Å². The average molecular weight is 269 g/mol. The summed E-state index contributed by atoms with van der Waals surface area (Å²) < 4.78 is 0. The minimum atomic E-state index is 1.05. The number of aryl methyl sites for hydroxylation is 1. The standard InChI is InChI=1S/C19H27N/c1-6-15(4)17(8-3)13-19(14-20-5)18-11-9-16(7-2)10-12-18/h6,9-14,20H,7-8H2,1-5H3/b15-6-,17-13+,19-14+. The SMILES string of the molecule is C\C=C(C)/C(=C/C(=C\NC)c1ccc(CC)cc1)CC. The maximum absolute atomic E-state index is 3.16. The van der Waals surface area contributed by atoms with Gasteiger partial charge in [0.1, 0.15) is 0 Å². The molecule has 0 saturated carbocycles. The monoisotopic (exact) mass is 269 g/mol. The van der Waals surface area contributed by atoms with Gasteiger partial charge in [0.2, 0.25) is 0 Å². The third-order valence-corrected chi connectivity index (χ3v) is 3.65. The van der Waals surface area contributed by atoms with Crippen LogP contribution in [0, 0.1) is 0 Å². The van der Waals surface area contributed by atoms with E-state index in [4.69, 9.17) is 0 Å². The molecule has 1 rings (SSSR count). The second-order valence-electron chi connectivity index (χ2n) is 4.93. The van der Waals surface area contributed by atoms with Crippen molar-refractivity contribution in [3.05, 3.63) is 64.9 Å². The van der Waals surface area contributed by atoms with Gasteiger partial charge in [-0.05, 0) is 55.0 Å². The highest BCUT2D eigenvalue weighted by Crippen LogP contribution is 2.22. The average Bonchev–Trinajstić information content (AvgIpc) is 2.50. The zero-order valence-corrected chi connectivity index (χ0v) is 13.5. The molecule has 0 fully saturated rings. The summed E-state index contributed by atoms with van der Waals surface area (Å²) in [6, 6.07) is 8.83. The van der Waals surface area contributed by atoms with Crippen molar-refractivity contribution in [2.75, 3.05) is 7.05 Å². The Labute approximate surface area is 124 Å². The van der Waals surface area contributed by atoms with Crippen molar-refractivity contribution >= 4 is 5.57 Å². The summed E-state index contributed by atoms with van der Waals surface area (Å²) in [5.41, 5.74) is 6.59. The van der Waals surface area contributed by atoms with Crippen LogP contribution in [0.15, 0.2) is 53.8 Å². The Hall–Kier alpha value is -1.76. The summed E-state index contributed by atoms with van der Waals surface area (Å²) in [6.07, 6.45) is 8.65. The van der Waals surface area contributed by atoms with Gasteiger partial charge in [-0.3, -0.25) is 0 Å². The number of hydrogen-bond acceptors (Lipinski definition) is 1. The van der Waals surface area contributed by atoms with E-state index in [1.165, 1.54) is 27.8 Å². The molecule has 0 amide bonds. The molecule has 0 saturated heterocycles. The molecule has 1 heteroatoms. The molecular formula is C19H27N. The Morgan fingerprint density at radius 3 is 2.25 bits per heavy atom. The Kier molecular flexibility index (Phi) is 6.86. The molecule has 1 nitrogen and oxygen atoms in total. The van der Waals surface area contributed by atoms with Crippen LogP contribution in [0.4, 0.5) is 0 Å². The van der Waals surface area contributed by atoms with Crippen molar-refractivity contribution in [2.45, 2.75) is 40.5 Å². The van der Waals surface area contributed by atoms with E-state index in [0.717, 1.165) is 12.8 Å². The fourth-order valence-corrected chi connectivity index (χ4v) is 2.16. The van der Waals surface area contributed by atoms with Gasteiger partial charge in [-0.15, -0.1) is 0 Å². The largest absolute Gasteiger partial charge is 0.393 e. The quantitative estimate of drug-likeness (QED) is 0.707. The van der Waals surface area contributed by atoms with Crippen molar-refractivity contribution < 1.29 is 0 Å². The predicted molar refractivity (Wildman–Crippen MR) is 90.7 cm³/mol. The van der Waals surface area contributed by atoms with Crippen LogP contribution in [0.25, 0.3) is 5.57 Å². The van der Waals surface area contributed by atoms with Gasteiger partial charge in [0, 0.05) is 13.2 Å². The molecule has 0 bridgehead atoms. The lowest BCUT2D eigenvalue weighted by Crippen LogP contribution is -1.97. The lowest BCUT2D eigenvalue weighted by molar-refractivity contribution is 1.09. The van der Waals surface area contributed by atoms with Gasteiger partial charge in [-0.25, -0.2) is 0 Å². The zero-order valence-electron chi connectivity index (χ0n) is 13.5. The molecule has 108 valence electrons. The smallest absolute Gasteiger partial charge is 0.00413 e. The van der Waals surface area contributed by atoms with E-state index >= 15 is 0 Å². The fraction of sp³-hybridized carbons (Fsp3) is 0.368. The maximum Gasteiger partial charge on any atom is 0.00413 e. The summed E-state index contributed by atoms with van der Waals surface area (Å²) in [7, 11) is 1.95. The van der Waals surface area contributed by atoms with Crippen LogP contribution >= 0.6 is 0 Å². The van der Waals surface area contributed by atoms with E-state index in [9.17, 15) is 0 Å². The number of nitrogens with one attached hydrogen (secondary N) is 1. The first-order chi connectivity index (χ1) is 9.65. The first-order valence-corrected chi connectivity index (χ1v) is 7.46. The lowest BCUT2D eigenvalue weighted by Gasteiger charge is -2.09. The molecule has 0 radical (unpaired) electrons. The van der Waals surface area contributed by atoms with Crippen molar-refractivity contribution in [3.8, 4) is 0 Å². The van der Waals surface area contributed by atoms with Gasteiger partial charge in [0.05, 0.1) is 0 Å².